The van der Waals surface area contributed by atoms with E-state index in [9.17, 15) is 0 Å². The molecule has 1 aliphatic carbocycles. The molecule has 0 saturated carbocycles. The number of rotatable bonds is 1. The fourth-order valence-corrected chi connectivity index (χ4v) is 1.28. The van der Waals surface area contributed by atoms with Gasteiger partial charge in [0.1, 0.15) is 0 Å². The number of allylic oxidation sites excluding steroid dienone is 6. The van der Waals surface area contributed by atoms with Gasteiger partial charge >= 0.3 is 0 Å². The van der Waals surface area contributed by atoms with E-state index in [1.165, 1.54) is 5.57 Å². The summed E-state index contributed by atoms with van der Waals surface area (Å²) in [7, 11) is 0. The monoisotopic (exact) mass is 166 g/mol. The Morgan fingerprint density at radius 2 is 2.27 bits per heavy atom. The summed E-state index contributed by atoms with van der Waals surface area (Å²) in [6.45, 7) is 9.65. The molecule has 0 aromatic heterocycles. The molecule has 0 spiro atoms. The maximum Gasteiger partial charge on any atom is 0.0371 e. The maximum atomic E-state index is 5.78. The molecule has 0 bridgehead atoms. The van der Waals surface area contributed by atoms with Crippen molar-refractivity contribution in [1.29, 1.82) is 0 Å². The van der Waals surface area contributed by atoms with Crippen molar-refractivity contribution in [2.24, 2.45) is 5.92 Å². The van der Waals surface area contributed by atoms with Crippen LogP contribution in [0.2, 0.25) is 0 Å². The molecule has 11 heavy (non-hydrogen) atoms. The lowest BCUT2D eigenvalue weighted by atomic mass is 9.90. The van der Waals surface area contributed by atoms with Gasteiger partial charge in [-0.2, -0.15) is 0 Å². The molecular weight excluding hydrogens is 156 g/mol. The Hall–Kier alpha value is -0.750. The van der Waals surface area contributed by atoms with E-state index in [-0.39, 0.29) is 5.92 Å². The summed E-state index contributed by atoms with van der Waals surface area (Å²) >= 11 is 5.78. The minimum absolute atomic E-state index is 0.127. The van der Waals surface area contributed by atoms with Gasteiger partial charge in [0.2, 0.25) is 0 Å². The average Bonchev–Trinajstić information content (AvgIpc) is 1.94. The Bertz CT molecular complexity index is 256. The number of hydrogen-bond donors (Lipinski definition) is 0. The van der Waals surface area contributed by atoms with Crippen LogP contribution in [0.5, 0.6) is 0 Å². The van der Waals surface area contributed by atoms with E-state index in [0.717, 1.165) is 5.57 Å². The first-order valence-corrected chi connectivity index (χ1v) is 3.89. The van der Waals surface area contributed by atoms with Crippen molar-refractivity contribution in [1.82, 2.24) is 0 Å². The van der Waals surface area contributed by atoms with E-state index in [1.54, 1.807) is 0 Å². The van der Waals surface area contributed by atoms with Crippen molar-refractivity contribution < 1.29 is 0 Å². The molecule has 0 aromatic rings. The van der Waals surface area contributed by atoms with Crippen molar-refractivity contribution in [3.8, 4) is 0 Å². The van der Waals surface area contributed by atoms with Gasteiger partial charge in [-0.05, 0) is 18.1 Å². The molecular formula is C10H11Cl. The second kappa shape index (κ2) is 3.10. The van der Waals surface area contributed by atoms with Crippen molar-refractivity contribution in [2.45, 2.75) is 6.92 Å². The SMILES string of the molecule is C=C(Cl)C1C=CC=C(C)C1=C. The van der Waals surface area contributed by atoms with Gasteiger partial charge in [0.05, 0.1) is 0 Å². The van der Waals surface area contributed by atoms with Crippen molar-refractivity contribution in [3.05, 3.63) is 47.6 Å². The first kappa shape index (κ1) is 8.35. The molecule has 0 amide bonds. The Labute approximate surface area is 72.6 Å². The van der Waals surface area contributed by atoms with E-state index in [2.05, 4.69) is 13.2 Å². The highest BCUT2D eigenvalue weighted by Crippen LogP contribution is 2.30. The maximum absolute atomic E-state index is 5.78. The van der Waals surface area contributed by atoms with Gasteiger partial charge in [-0.3, -0.25) is 0 Å². The van der Waals surface area contributed by atoms with Crippen LogP contribution >= 0.6 is 11.6 Å². The largest absolute Gasteiger partial charge is 0.0946 e. The predicted molar refractivity (Wildman–Crippen MR) is 50.5 cm³/mol. The minimum Gasteiger partial charge on any atom is -0.0946 e. The van der Waals surface area contributed by atoms with Gasteiger partial charge in [0.15, 0.2) is 0 Å². The Morgan fingerprint density at radius 1 is 1.64 bits per heavy atom. The summed E-state index contributed by atoms with van der Waals surface area (Å²) < 4.78 is 0. The molecule has 58 valence electrons. The van der Waals surface area contributed by atoms with Gasteiger partial charge in [-0.15, -0.1) is 0 Å². The summed E-state index contributed by atoms with van der Waals surface area (Å²) in [6.07, 6.45) is 6.02. The minimum atomic E-state index is 0.127. The molecule has 0 heterocycles. The normalized spacial score (nSPS) is 23.3. The zero-order valence-electron chi connectivity index (χ0n) is 6.60. The predicted octanol–water partition coefficient (Wildman–Crippen LogP) is 3.43. The summed E-state index contributed by atoms with van der Waals surface area (Å²) in [5, 5.41) is 0.638. The molecule has 0 fully saturated rings. The van der Waals surface area contributed by atoms with Crippen LogP contribution in [-0.2, 0) is 0 Å². The molecule has 1 atom stereocenters. The lowest BCUT2D eigenvalue weighted by molar-refractivity contribution is 0.952. The molecule has 0 N–H and O–H groups in total. The summed E-state index contributed by atoms with van der Waals surface area (Å²) in [5.41, 5.74) is 2.23. The van der Waals surface area contributed by atoms with Crippen LogP contribution in [0, 0.1) is 5.92 Å². The summed E-state index contributed by atoms with van der Waals surface area (Å²) in [4.78, 5) is 0. The number of hydrogen-bond acceptors (Lipinski definition) is 0. The quantitative estimate of drug-likeness (QED) is 0.560. The molecule has 1 aliphatic rings. The molecule has 0 aromatic carbocycles. The smallest absolute Gasteiger partial charge is 0.0371 e. The highest BCUT2D eigenvalue weighted by Gasteiger charge is 2.14. The third-order valence-electron chi connectivity index (χ3n) is 1.87. The lowest BCUT2D eigenvalue weighted by Gasteiger charge is -2.17. The van der Waals surface area contributed by atoms with Crippen LogP contribution in [0.3, 0.4) is 0 Å². The van der Waals surface area contributed by atoms with Crippen LogP contribution < -0.4 is 0 Å². The highest BCUT2D eigenvalue weighted by atomic mass is 35.5. The molecule has 1 unspecified atom stereocenters. The van der Waals surface area contributed by atoms with Crippen LogP contribution in [-0.4, -0.2) is 0 Å². The molecule has 0 nitrogen and oxygen atoms in total. The fourth-order valence-electron chi connectivity index (χ4n) is 1.07. The zero-order chi connectivity index (χ0) is 8.43. The first-order valence-electron chi connectivity index (χ1n) is 3.51. The molecule has 1 rings (SSSR count). The van der Waals surface area contributed by atoms with E-state index < -0.39 is 0 Å². The Kier molecular flexibility index (Phi) is 2.35. The van der Waals surface area contributed by atoms with Crippen molar-refractivity contribution in [3.63, 3.8) is 0 Å². The van der Waals surface area contributed by atoms with Gasteiger partial charge in [0.25, 0.3) is 0 Å². The molecule has 0 saturated heterocycles. The highest BCUT2D eigenvalue weighted by molar-refractivity contribution is 6.30. The van der Waals surface area contributed by atoms with E-state index >= 15 is 0 Å². The van der Waals surface area contributed by atoms with Gasteiger partial charge in [-0.1, -0.05) is 43.0 Å². The van der Waals surface area contributed by atoms with Crippen molar-refractivity contribution in [2.75, 3.05) is 0 Å². The summed E-state index contributed by atoms with van der Waals surface area (Å²) in [6, 6.07) is 0. The second-order valence-electron chi connectivity index (χ2n) is 2.68. The number of halogens is 1. The molecule has 0 aliphatic heterocycles. The van der Waals surface area contributed by atoms with Gasteiger partial charge in [0, 0.05) is 11.0 Å². The van der Waals surface area contributed by atoms with Crippen LogP contribution in [0.25, 0.3) is 0 Å². The molecule has 1 heteroatoms. The van der Waals surface area contributed by atoms with Gasteiger partial charge in [-0.25, -0.2) is 0 Å². The first-order chi connectivity index (χ1) is 5.13. The van der Waals surface area contributed by atoms with E-state index in [4.69, 9.17) is 11.6 Å². The third-order valence-corrected chi connectivity index (χ3v) is 2.10. The van der Waals surface area contributed by atoms with E-state index in [1.807, 2.05) is 25.2 Å². The van der Waals surface area contributed by atoms with Gasteiger partial charge < -0.3 is 0 Å². The average molecular weight is 167 g/mol. The van der Waals surface area contributed by atoms with Crippen molar-refractivity contribution >= 4 is 11.6 Å². The zero-order valence-corrected chi connectivity index (χ0v) is 7.36. The summed E-state index contributed by atoms with van der Waals surface area (Å²) in [5.74, 6) is 0.127. The van der Waals surface area contributed by atoms with Crippen LogP contribution in [0.1, 0.15) is 6.92 Å². The van der Waals surface area contributed by atoms with E-state index in [0.29, 0.717) is 5.03 Å². The third kappa shape index (κ3) is 1.63. The Balaban J connectivity index is 2.90. The standard InChI is InChI=1S/C10H11Cl/c1-7-5-4-6-10(8(7)2)9(3)11/h4-6,10H,2-3H2,1H3. The topological polar surface area (TPSA) is 0 Å². The lowest BCUT2D eigenvalue weighted by Crippen LogP contribution is -2.03. The second-order valence-corrected chi connectivity index (χ2v) is 3.17. The van der Waals surface area contributed by atoms with Crippen LogP contribution in [0.4, 0.5) is 0 Å². The Morgan fingerprint density at radius 3 is 2.73 bits per heavy atom. The fraction of sp³-hybridized carbons (Fsp3) is 0.200. The molecule has 0 radical (unpaired) electrons. The van der Waals surface area contributed by atoms with Crippen LogP contribution in [0.15, 0.2) is 47.6 Å².